The predicted molar refractivity (Wildman–Crippen MR) is 52.3 cm³/mol. The summed E-state index contributed by atoms with van der Waals surface area (Å²) < 4.78 is 8.82. The Kier molecular flexibility index (Phi) is 3.21. The van der Waals surface area contributed by atoms with Crippen LogP contribution in [0.25, 0.3) is 0 Å². The highest BCUT2D eigenvalue weighted by molar-refractivity contribution is 5.95. The lowest BCUT2D eigenvalue weighted by Crippen LogP contribution is -2.10. The summed E-state index contributed by atoms with van der Waals surface area (Å²) in [5.74, 6) is -2.74. The third-order valence-electron chi connectivity index (χ3n) is 3.03. The highest BCUT2D eigenvalue weighted by Gasteiger charge is 2.35. The van der Waals surface area contributed by atoms with Gasteiger partial charge in [-0.3, -0.25) is 19.2 Å². The Morgan fingerprint density at radius 3 is 1.53 bits per heavy atom. The summed E-state index contributed by atoms with van der Waals surface area (Å²) in [4.78, 5) is 43.9. The molecular formula is C11H12O6. The Balaban J connectivity index is 1.73. The minimum atomic E-state index is -0.490. The number of esters is 4. The quantitative estimate of drug-likeness (QED) is 0.520. The van der Waals surface area contributed by atoms with E-state index in [4.69, 9.17) is 0 Å². The van der Waals surface area contributed by atoms with Gasteiger partial charge in [-0.15, -0.1) is 0 Å². The van der Waals surface area contributed by atoms with Crippen LogP contribution >= 0.6 is 0 Å². The summed E-state index contributed by atoms with van der Waals surface area (Å²) in [6, 6.07) is 0. The Morgan fingerprint density at radius 2 is 1.24 bits per heavy atom. The second kappa shape index (κ2) is 4.65. The second-order valence-corrected chi connectivity index (χ2v) is 4.32. The van der Waals surface area contributed by atoms with Crippen molar-refractivity contribution in [2.75, 3.05) is 0 Å². The molecule has 0 amide bonds. The van der Waals surface area contributed by atoms with Gasteiger partial charge in [0.2, 0.25) is 0 Å². The molecule has 0 bridgehead atoms. The maximum atomic E-state index is 11.1. The molecule has 0 aromatic heterocycles. The first-order chi connectivity index (χ1) is 8.06. The largest absolute Gasteiger partial charge is 0.393 e. The van der Waals surface area contributed by atoms with Crippen molar-refractivity contribution in [2.45, 2.75) is 32.1 Å². The fraction of sp³-hybridized carbons (Fsp3) is 0.636. The molecule has 6 heteroatoms. The summed E-state index contributed by atoms with van der Waals surface area (Å²) in [5.41, 5.74) is 0. The van der Waals surface area contributed by atoms with Crippen molar-refractivity contribution >= 4 is 23.9 Å². The number of carbonyl (C=O) groups is 4. The average Bonchev–Trinajstić information content (AvgIpc) is 2.71. The van der Waals surface area contributed by atoms with Crippen LogP contribution in [0.3, 0.4) is 0 Å². The normalized spacial score (nSPS) is 28.5. The molecule has 2 rings (SSSR count). The van der Waals surface area contributed by atoms with Crippen LogP contribution in [-0.4, -0.2) is 23.9 Å². The van der Waals surface area contributed by atoms with E-state index in [1.165, 1.54) is 0 Å². The fourth-order valence-electron chi connectivity index (χ4n) is 2.09. The number of hydrogen-bond acceptors (Lipinski definition) is 6. The molecule has 2 atom stereocenters. The van der Waals surface area contributed by atoms with Gasteiger partial charge >= 0.3 is 23.9 Å². The molecule has 17 heavy (non-hydrogen) atoms. The van der Waals surface area contributed by atoms with Crippen LogP contribution < -0.4 is 0 Å². The van der Waals surface area contributed by atoms with Crippen LogP contribution in [-0.2, 0) is 28.7 Å². The Labute approximate surface area is 97.3 Å². The third-order valence-corrected chi connectivity index (χ3v) is 3.03. The van der Waals surface area contributed by atoms with Crippen LogP contribution in [0, 0.1) is 11.8 Å². The molecule has 2 fully saturated rings. The molecule has 0 N–H and O–H groups in total. The zero-order valence-corrected chi connectivity index (χ0v) is 9.14. The SMILES string of the molecule is O=C1CC(CCCC2CC(=O)OC2=O)C(=O)O1. The summed E-state index contributed by atoms with van der Waals surface area (Å²) in [7, 11) is 0. The van der Waals surface area contributed by atoms with E-state index in [2.05, 4.69) is 9.47 Å². The van der Waals surface area contributed by atoms with Gasteiger partial charge in [-0.2, -0.15) is 0 Å². The molecule has 2 saturated heterocycles. The second-order valence-electron chi connectivity index (χ2n) is 4.32. The zero-order valence-electron chi connectivity index (χ0n) is 9.14. The van der Waals surface area contributed by atoms with E-state index < -0.39 is 35.7 Å². The number of carbonyl (C=O) groups excluding carboxylic acids is 4. The van der Waals surface area contributed by atoms with Crippen molar-refractivity contribution in [2.24, 2.45) is 11.8 Å². The number of hydrogen-bond donors (Lipinski definition) is 0. The van der Waals surface area contributed by atoms with Gasteiger partial charge in [-0.05, 0) is 12.8 Å². The maximum absolute atomic E-state index is 11.1. The highest BCUT2D eigenvalue weighted by atomic mass is 16.6. The highest BCUT2D eigenvalue weighted by Crippen LogP contribution is 2.26. The van der Waals surface area contributed by atoms with E-state index >= 15 is 0 Å². The number of rotatable bonds is 4. The van der Waals surface area contributed by atoms with E-state index in [1.54, 1.807) is 0 Å². The van der Waals surface area contributed by atoms with Crippen molar-refractivity contribution in [1.29, 1.82) is 0 Å². The predicted octanol–water partition coefficient (Wildman–Crippen LogP) is 0.336. The van der Waals surface area contributed by atoms with E-state index in [0.29, 0.717) is 19.3 Å². The van der Waals surface area contributed by atoms with Gasteiger partial charge in [0, 0.05) is 0 Å². The number of cyclic esters (lactones) is 4. The molecule has 0 saturated carbocycles. The van der Waals surface area contributed by atoms with Crippen LogP contribution in [0.15, 0.2) is 0 Å². The van der Waals surface area contributed by atoms with E-state index in [1.807, 2.05) is 0 Å². The molecule has 0 aliphatic carbocycles. The maximum Gasteiger partial charge on any atom is 0.317 e. The van der Waals surface area contributed by atoms with Crippen molar-refractivity contribution in [3.8, 4) is 0 Å². The fourth-order valence-corrected chi connectivity index (χ4v) is 2.09. The van der Waals surface area contributed by atoms with Crippen molar-refractivity contribution in [1.82, 2.24) is 0 Å². The Hall–Kier alpha value is -1.72. The first-order valence-electron chi connectivity index (χ1n) is 5.55. The molecule has 92 valence electrons. The topological polar surface area (TPSA) is 86.7 Å². The van der Waals surface area contributed by atoms with Gasteiger partial charge in [0.15, 0.2) is 0 Å². The monoisotopic (exact) mass is 240 g/mol. The Bertz CT molecular complexity index is 349. The molecule has 0 spiro atoms. The lowest BCUT2D eigenvalue weighted by molar-refractivity contribution is -0.154. The molecule has 2 aliphatic heterocycles. The molecule has 2 aliphatic rings. The molecule has 0 aromatic carbocycles. The molecule has 2 heterocycles. The van der Waals surface area contributed by atoms with Crippen LogP contribution in [0.4, 0.5) is 0 Å². The molecule has 2 unspecified atom stereocenters. The minimum Gasteiger partial charge on any atom is -0.393 e. The zero-order chi connectivity index (χ0) is 12.4. The lowest BCUT2D eigenvalue weighted by atomic mass is 9.95. The van der Waals surface area contributed by atoms with Gasteiger partial charge < -0.3 is 9.47 Å². The third kappa shape index (κ3) is 2.69. The van der Waals surface area contributed by atoms with Crippen molar-refractivity contribution in [3.63, 3.8) is 0 Å². The molecule has 0 aromatic rings. The van der Waals surface area contributed by atoms with Crippen LogP contribution in [0.2, 0.25) is 0 Å². The minimum absolute atomic E-state index is 0.118. The van der Waals surface area contributed by atoms with Crippen LogP contribution in [0.5, 0.6) is 0 Å². The summed E-state index contributed by atoms with van der Waals surface area (Å²) in [5, 5.41) is 0. The first-order valence-corrected chi connectivity index (χ1v) is 5.55. The van der Waals surface area contributed by atoms with Gasteiger partial charge in [0.1, 0.15) is 0 Å². The Morgan fingerprint density at radius 1 is 0.824 bits per heavy atom. The van der Waals surface area contributed by atoms with Crippen molar-refractivity contribution < 1.29 is 28.7 Å². The average molecular weight is 240 g/mol. The standard InChI is InChI=1S/C11H12O6/c12-8-4-6(10(14)16-8)2-1-3-7-5-9(13)17-11(7)15/h6-7H,1-5H2. The smallest absolute Gasteiger partial charge is 0.317 e. The summed E-state index contributed by atoms with van der Waals surface area (Å²) in [6.07, 6.45) is 1.84. The molecular weight excluding hydrogens is 228 g/mol. The number of ether oxygens (including phenoxy) is 2. The van der Waals surface area contributed by atoms with Gasteiger partial charge in [0.25, 0.3) is 0 Å². The molecule has 6 nitrogen and oxygen atoms in total. The summed E-state index contributed by atoms with van der Waals surface area (Å²) >= 11 is 0. The van der Waals surface area contributed by atoms with E-state index in [9.17, 15) is 19.2 Å². The van der Waals surface area contributed by atoms with Gasteiger partial charge in [-0.25, -0.2) is 0 Å². The first kappa shape index (κ1) is 11.8. The van der Waals surface area contributed by atoms with E-state index in [-0.39, 0.29) is 12.8 Å². The van der Waals surface area contributed by atoms with E-state index in [0.717, 1.165) is 0 Å². The lowest BCUT2D eigenvalue weighted by Gasteiger charge is -2.06. The van der Waals surface area contributed by atoms with Crippen LogP contribution in [0.1, 0.15) is 32.1 Å². The van der Waals surface area contributed by atoms with Crippen molar-refractivity contribution in [3.05, 3.63) is 0 Å². The summed E-state index contributed by atoms with van der Waals surface area (Å²) in [6.45, 7) is 0. The van der Waals surface area contributed by atoms with Gasteiger partial charge in [0.05, 0.1) is 24.7 Å². The molecule has 0 radical (unpaired) electrons. The van der Waals surface area contributed by atoms with Gasteiger partial charge in [-0.1, -0.05) is 6.42 Å².